The number of aromatic nitrogens is 1. The van der Waals surface area contributed by atoms with Crippen molar-refractivity contribution in [3.63, 3.8) is 0 Å². The van der Waals surface area contributed by atoms with E-state index in [9.17, 15) is 4.79 Å². The lowest BCUT2D eigenvalue weighted by molar-refractivity contribution is -0.113. The number of amides is 1. The summed E-state index contributed by atoms with van der Waals surface area (Å²) < 4.78 is 8.26. The zero-order chi connectivity index (χ0) is 22.8. The summed E-state index contributed by atoms with van der Waals surface area (Å²) >= 11 is 6.89. The van der Waals surface area contributed by atoms with Crippen molar-refractivity contribution in [3.8, 4) is 5.75 Å². The first-order chi connectivity index (χ1) is 16.1. The fourth-order valence-electron chi connectivity index (χ4n) is 3.99. The molecule has 1 amide bonds. The number of hydrogen-bond donors (Lipinski definition) is 0. The van der Waals surface area contributed by atoms with Crippen LogP contribution in [0.15, 0.2) is 90.0 Å². The van der Waals surface area contributed by atoms with Crippen LogP contribution in [0.25, 0.3) is 17.0 Å². The van der Waals surface area contributed by atoms with Crippen molar-refractivity contribution in [1.82, 2.24) is 4.57 Å². The highest BCUT2D eigenvalue weighted by Crippen LogP contribution is 2.37. The van der Waals surface area contributed by atoms with Gasteiger partial charge in [-0.25, -0.2) is 0 Å². The average molecular weight is 471 g/mol. The molecule has 5 rings (SSSR count). The molecular formula is C27H22N2O2S2. The quantitative estimate of drug-likeness (QED) is 0.238. The van der Waals surface area contributed by atoms with E-state index in [1.165, 1.54) is 17.3 Å². The maximum atomic E-state index is 13.3. The molecule has 1 aromatic heterocycles. The first-order valence-electron chi connectivity index (χ1n) is 10.8. The Hall–Kier alpha value is -3.35. The summed E-state index contributed by atoms with van der Waals surface area (Å²) in [6, 6.07) is 26.1. The highest BCUT2D eigenvalue weighted by Gasteiger charge is 2.33. The Kier molecular flexibility index (Phi) is 6.03. The number of hydrogen-bond acceptors (Lipinski definition) is 4. The standard InChI is InChI=1S/C27H22N2O2S2/c1-2-31-22-14-12-21(13-15-22)29-26(30)25(33-27(29)32)16-20-18-28(17-19-8-4-3-5-9-19)24-11-7-6-10-23(20)24/h3-16,18H,2,17H2,1H3/b25-16-. The fraction of sp³-hybridized carbons (Fsp3) is 0.111. The minimum atomic E-state index is -0.103. The molecule has 164 valence electrons. The molecule has 33 heavy (non-hydrogen) atoms. The van der Waals surface area contributed by atoms with Crippen LogP contribution < -0.4 is 9.64 Å². The second-order valence-corrected chi connectivity index (χ2v) is 9.33. The van der Waals surface area contributed by atoms with Crippen LogP contribution in [-0.4, -0.2) is 21.4 Å². The zero-order valence-electron chi connectivity index (χ0n) is 18.1. The van der Waals surface area contributed by atoms with E-state index in [0.29, 0.717) is 15.8 Å². The van der Waals surface area contributed by atoms with E-state index >= 15 is 0 Å². The molecule has 1 aliphatic rings. The molecule has 0 aliphatic carbocycles. The number of carbonyl (C=O) groups is 1. The Labute approximate surface area is 202 Å². The van der Waals surface area contributed by atoms with E-state index < -0.39 is 0 Å². The molecule has 0 spiro atoms. The Balaban J connectivity index is 1.47. The SMILES string of the molecule is CCOc1ccc(N2C(=O)/C(=C/c3cn(Cc4ccccc4)c4ccccc34)SC2=S)cc1. The molecule has 1 fully saturated rings. The van der Waals surface area contributed by atoms with Gasteiger partial charge in [-0.15, -0.1) is 0 Å². The maximum Gasteiger partial charge on any atom is 0.270 e. The van der Waals surface area contributed by atoms with Gasteiger partial charge >= 0.3 is 0 Å². The van der Waals surface area contributed by atoms with Crippen LogP contribution in [0.5, 0.6) is 5.75 Å². The number of ether oxygens (including phenoxy) is 1. The number of benzene rings is 3. The van der Waals surface area contributed by atoms with Gasteiger partial charge in [-0.2, -0.15) is 0 Å². The van der Waals surface area contributed by atoms with Gasteiger partial charge in [0.15, 0.2) is 4.32 Å². The topological polar surface area (TPSA) is 34.5 Å². The molecule has 0 bridgehead atoms. The first-order valence-corrected chi connectivity index (χ1v) is 12.0. The van der Waals surface area contributed by atoms with Gasteiger partial charge in [-0.3, -0.25) is 9.69 Å². The summed E-state index contributed by atoms with van der Waals surface area (Å²) in [5, 5.41) is 1.11. The van der Waals surface area contributed by atoms with Gasteiger partial charge in [0.05, 0.1) is 17.2 Å². The third-order valence-corrected chi connectivity index (χ3v) is 6.80. The predicted molar refractivity (Wildman–Crippen MR) is 141 cm³/mol. The lowest BCUT2D eigenvalue weighted by atomic mass is 10.1. The predicted octanol–water partition coefficient (Wildman–Crippen LogP) is 6.49. The molecule has 2 heterocycles. The van der Waals surface area contributed by atoms with E-state index in [-0.39, 0.29) is 5.91 Å². The van der Waals surface area contributed by atoms with E-state index in [0.717, 1.165) is 34.4 Å². The van der Waals surface area contributed by atoms with Crippen LogP contribution in [0, 0.1) is 0 Å². The number of nitrogens with zero attached hydrogens (tertiary/aromatic N) is 2. The van der Waals surface area contributed by atoms with E-state index in [2.05, 4.69) is 35.0 Å². The smallest absolute Gasteiger partial charge is 0.270 e. The Bertz CT molecular complexity index is 1360. The number of thioether (sulfide) groups is 1. The van der Waals surface area contributed by atoms with E-state index in [1.54, 1.807) is 4.90 Å². The summed E-state index contributed by atoms with van der Waals surface area (Å²) in [6.07, 6.45) is 4.07. The van der Waals surface area contributed by atoms with Gasteiger partial charge in [-0.1, -0.05) is 72.5 Å². The Morgan fingerprint density at radius 1 is 0.970 bits per heavy atom. The number of rotatable bonds is 6. The van der Waals surface area contributed by atoms with Crippen molar-refractivity contribution in [2.24, 2.45) is 0 Å². The molecule has 4 aromatic rings. The average Bonchev–Trinajstić information content (AvgIpc) is 3.32. The number of anilines is 1. The fourth-order valence-corrected chi connectivity index (χ4v) is 5.28. The first kappa shape index (κ1) is 21.5. The highest BCUT2D eigenvalue weighted by molar-refractivity contribution is 8.27. The van der Waals surface area contributed by atoms with Gasteiger partial charge < -0.3 is 9.30 Å². The summed E-state index contributed by atoms with van der Waals surface area (Å²) in [5.74, 6) is 0.669. The number of fused-ring (bicyclic) bond motifs is 1. The Morgan fingerprint density at radius 2 is 1.70 bits per heavy atom. The van der Waals surface area contributed by atoms with Crippen LogP contribution in [0.3, 0.4) is 0 Å². The largest absolute Gasteiger partial charge is 0.494 e. The van der Waals surface area contributed by atoms with Gasteiger partial charge in [0.1, 0.15) is 5.75 Å². The number of carbonyl (C=O) groups excluding carboxylic acids is 1. The van der Waals surface area contributed by atoms with Gasteiger partial charge in [0, 0.05) is 29.2 Å². The minimum Gasteiger partial charge on any atom is -0.494 e. The number of thiocarbonyl (C=S) groups is 1. The molecular weight excluding hydrogens is 448 g/mol. The van der Waals surface area contributed by atoms with Crippen LogP contribution in [0.1, 0.15) is 18.1 Å². The molecule has 0 atom stereocenters. The van der Waals surface area contributed by atoms with E-state index in [1.807, 2.05) is 67.6 Å². The summed E-state index contributed by atoms with van der Waals surface area (Å²) in [5.41, 5.74) is 4.12. The summed E-state index contributed by atoms with van der Waals surface area (Å²) in [7, 11) is 0. The second kappa shape index (κ2) is 9.25. The van der Waals surface area contributed by atoms with Crippen LogP contribution in [0.2, 0.25) is 0 Å². The summed E-state index contributed by atoms with van der Waals surface area (Å²) in [4.78, 5) is 15.5. The molecule has 0 radical (unpaired) electrons. The molecule has 0 N–H and O–H groups in total. The Morgan fingerprint density at radius 3 is 2.45 bits per heavy atom. The maximum absolute atomic E-state index is 13.3. The number of para-hydroxylation sites is 1. The third-order valence-electron chi connectivity index (χ3n) is 5.50. The van der Waals surface area contributed by atoms with Gasteiger partial charge in [0.2, 0.25) is 0 Å². The monoisotopic (exact) mass is 470 g/mol. The van der Waals surface area contributed by atoms with Gasteiger partial charge in [0.25, 0.3) is 5.91 Å². The molecule has 1 saturated heterocycles. The molecule has 0 saturated carbocycles. The van der Waals surface area contributed by atoms with Crippen LogP contribution >= 0.6 is 24.0 Å². The third kappa shape index (κ3) is 4.32. The normalized spacial score (nSPS) is 15.1. The molecule has 6 heteroatoms. The van der Waals surface area contributed by atoms with Crippen LogP contribution in [-0.2, 0) is 11.3 Å². The van der Waals surface area contributed by atoms with Crippen molar-refractivity contribution < 1.29 is 9.53 Å². The van der Waals surface area contributed by atoms with Crippen molar-refractivity contribution in [2.45, 2.75) is 13.5 Å². The summed E-state index contributed by atoms with van der Waals surface area (Å²) in [6.45, 7) is 3.31. The zero-order valence-corrected chi connectivity index (χ0v) is 19.7. The van der Waals surface area contributed by atoms with Crippen LogP contribution in [0.4, 0.5) is 5.69 Å². The van der Waals surface area contributed by atoms with Crippen molar-refractivity contribution in [3.05, 3.63) is 101 Å². The highest BCUT2D eigenvalue weighted by atomic mass is 32.2. The minimum absolute atomic E-state index is 0.103. The second-order valence-electron chi connectivity index (χ2n) is 7.66. The van der Waals surface area contributed by atoms with Crippen molar-refractivity contribution in [1.29, 1.82) is 0 Å². The van der Waals surface area contributed by atoms with Gasteiger partial charge in [-0.05, 0) is 48.9 Å². The van der Waals surface area contributed by atoms with Crippen molar-refractivity contribution >= 4 is 56.9 Å². The lowest BCUT2D eigenvalue weighted by Gasteiger charge is -2.15. The lowest BCUT2D eigenvalue weighted by Crippen LogP contribution is -2.27. The van der Waals surface area contributed by atoms with Crippen molar-refractivity contribution in [2.75, 3.05) is 11.5 Å². The molecule has 0 unspecified atom stereocenters. The molecule has 4 nitrogen and oxygen atoms in total. The molecule has 3 aromatic carbocycles. The molecule has 1 aliphatic heterocycles. The van der Waals surface area contributed by atoms with E-state index in [4.69, 9.17) is 17.0 Å².